The van der Waals surface area contributed by atoms with Crippen molar-refractivity contribution in [3.8, 4) is 0 Å². The number of carbonyl (C=O) groups excluding carboxylic acids is 1. The molecule has 0 fully saturated rings. The molecular formula is C17H21N3O. The van der Waals surface area contributed by atoms with Crippen LogP contribution in [0.4, 0.5) is 5.69 Å². The fourth-order valence-corrected chi connectivity index (χ4v) is 2.92. The van der Waals surface area contributed by atoms with Crippen LogP contribution in [0.2, 0.25) is 0 Å². The molecule has 2 heterocycles. The molecule has 1 aromatic carbocycles. The van der Waals surface area contributed by atoms with Gasteiger partial charge in [-0.1, -0.05) is 18.2 Å². The first-order valence-electron chi connectivity index (χ1n) is 7.37. The van der Waals surface area contributed by atoms with Crippen LogP contribution in [-0.4, -0.2) is 35.5 Å². The normalized spacial score (nSPS) is 18.3. The van der Waals surface area contributed by atoms with E-state index in [4.69, 9.17) is 0 Å². The highest BCUT2D eigenvalue weighted by Gasteiger charge is 2.26. The Labute approximate surface area is 125 Å². The van der Waals surface area contributed by atoms with Crippen LogP contribution < -0.4 is 4.90 Å². The number of hydrogen-bond donors (Lipinski definition) is 0. The zero-order valence-corrected chi connectivity index (χ0v) is 12.6. The summed E-state index contributed by atoms with van der Waals surface area (Å²) in [7, 11) is 1.84. The van der Waals surface area contributed by atoms with E-state index in [1.54, 1.807) is 4.90 Å². The van der Waals surface area contributed by atoms with Crippen LogP contribution in [0.25, 0.3) is 0 Å². The number of fused-ring (bicyclic) bond motifs is 1. The van der Waals surface area contributed by atoms with Crippen molar-refractivity contribution in [2.75, 3.05) is 25.0 Å². The van der Waals surface area contributed by atoms with Gasteiger partial charge in [0.2, 0.25) is 5.91 Å². The number of likely N-dealkylation sites (N-methyl/N-ethyl adjacent to an activating group) is 1. The Hall–Kier alpha value is -2.07. The highest BCUT2D eigenvalue weighted by molar-refractivity contribution is 5.94. The van der Waals surface area contributed by atoms with E-state index < -0.39 is 0 Å². The fourth-order valence-electron chi connectivity index (χ4n) is 2.92. The van der Waals surface area contributed by atoms with Gasteiger partial charge in [-0.2, -0.15) is 0 Å². The molecule has 110 valence electrons. The van der Waals surface area contributed by atoms with Gasteiger partial charge >= 0.3 is 0 Å². The SMILES string of the molecule is C[C@H]1c2cccn2CCN1CC(=O)N(C)c1ccccc1. The molecule has 21 heavy (non-hydrogen) atoms. The number of carbonyl (C=O) groups is 1. The Kier molecular flexibility index (Phi) is 3.80. The highest BCUT2D eigenvalue weighted by Crippen LogP contribution is 2.25. The minimum atomic E-state index is 0.132. The molecule has 0 aliphatic carbocycles. The monoisotopic (exact) mass is 283 g/mol. The molecule has 0 N–H and O–H groups in total. The van der Waals surface area contributed by atoms with E-state index in [0.29, 0.717) is 6.54 Å². The van der Waals surface area contributed by atoms with E-state index in [1.807, 2.05) is 37.4 Å². The van der Waals surface area contributed by atoms with E-state index >= 15 is 0 Å². The van der Waals surface area contributed by atoms with Crippen molar-refractivity contribution in [1.82, 2.24) is 9.47 Å². The second kappa shape index (κ2) is 5.74. The van der Waals surface area contributed by atoms with Crippen molar-refractivity contribution in [3.05, 3.63) is 54.4 Å². The molecular weight excluding hydrogens is 262 g/mol. The van der Waals surface area contributed by atoms with Crippen LogP contribution in [0.1, 0.15) is 18.7 Å². The Morgan fingerprint density at radius 2 is 1.95 bits per heavy atom. The van der Waals surface area contributed by atoms with Gasteiger partial charge in [-0.05, 0) is 31.2 Å². The number of benzene rings is 1. The molecule has 4 nitrogen and oxygen atoms in total. The number of amides is 1. The van der Waals surface area contributed by atoms with E-state index in [1.165, 1.54) is 5.69 Å². The summed E-state index contributed by atoms with van der Waals surface area (Å²) in [6.45, 7) is 4.49. The maximum absolute atomic E-state index is 12.5. The van der Waals surface area contributed by atoms with Crippen LogP contribution in [0.15, 0.2) is 48.7 Å². The van der Waals surface area contributed by atoms with Crippen LogP contribution in [0.5, 0.6) is 0 Å². The minimum Gasteiger partial charge on any atom is -0.349 e. The smallest absolute Gasteiger partial charge is 0.240 e. The molecule has 0 saturated carbocycles. The molecule has 1 aliphatic heterocycles. The van der Waals surface area contributed by atoms with Gasteiger partial charge in [-0.25, -0.2) is 0 Å². The molecule has 2 aromatic rings. The predicted octanol–water partition coefficient (Wildman–Crippen LogP) is 2.53. The van der Waals surface area contributed by atoms with Gasteiger partial charge in [0.15, 0.2) is 0 Å². The van der Waals surface area contributed by atoms with Gasteiger partial charge in [0.1, 0.15) is 0 Å². The standard InChI is InChI=1S/C17H21N3O/c1-14-16-9-6-10-19(16)11-12-20(14)13-17(21)18(2)15-7-4-3-5-8-15/h3-10,14H,11-13H2,1-2H3/t14-/m0/s1. The first-order valence-corrected chi connectivity index (χ1v) is 7.37. The van der Waals surface area contributed by atoms with E-state index in [0.717, 1.165) is 18.8 Å². The molecule has 0 radical (unpaired) electrons. The van der Waals surface area contributed by atoms with Crippen LogP contribution >= 0.6 is 0 Å². The number of anilines is 1. The van der Waals surface area contributed by atoms with E-state index in [9.17, 15) is 4.79 Å². The Bertz CT molecular complexity index is 620. The molecule has 0 saturated heterocycles. The summed E-state index contributed by atoms with van der Waals surface area (Å²) in [5.41, 5.74) is 2.23. The summed E-state index contributed by atoms with van der Waals surface area (Å²) in [6.07, 6.45) is 2.11. The first-order chi connectivity index (χ1) is 10.2. The second-order valence-corrected chi connectivity index (χ2v) is 5.56. The molecule has 1 aromatic heterocycles. The largest absolute Gasteiger partial charge is 0.349 e. The third-order valence-corrected chi connectivity index (χ3v) is 4.32. The summed E-state index contributed by atoms with van der Waals surface area (Å²) in [4.78, 5) is 16.5. The summed E-state index contributed by atoms with van der Waals surface area (Å²) in [5.74, 6) is 0.132. The predicted molar refractivity (Wildman–Crippen MR) is 84.3 cm³/mol. The van der Waals surface area contributed by atoms with E-state index in [2.05, 4.69) is 34.7 Å². The van der Waals surface area contributed by atoms with Crippen molar-refractivity contribution in [2.45, 2.75) is 19.5 Å². The molecule has 1 amide bonds. The molecule has 0 bridgehead atoms. The van der Waals surface area contributed by atoms with Crippen molar-refractivity contribution in [3.63, 3.8) is 0 Å². The number of aromatic nitrogens is 1. The Morgan fingerprint density at radius 3 is 2.71 bits per heavy atom. The zero-order valence-electron chi connectivity index (χ0n) is 12.6. The molecule has 1 atom stereocenters. The van der Waals surface area contributed by atoms with E-state index in [-0.39, 0.29) is 11.9 Å². The Balaban J connectivity index is 1.68. The highest BCUT2D eigenvalue weighted by atomic mass is 16.2. The number of nitrogens with zero attached hydrogens (tertiary/aromatic N) is 3. The van der Waals surface area contributed by atoms with Gasteiger partial charge in [0.25, 0.3) is 0 Å². The zero-order chi connectivity index (χ0) is 14.8. The van der Waals surface area contributed by atoms with Crippen LogP contribution in [0.3, 0.4) is 0 Å². The lowest BCUT2D eigenvalue weighted by atomic mass is 10.1. The molecule has 4 heteroatoms. The molecule has 0 unspecified atom stereocenters. The van der Waals surface area contributed by atoms with Crippen molar-refractivity contribution in [2.24, 2.45) is 0 Å². The maximum Gasteiger partial charge on any atom is 0.240 e. The first kappa shape index (κ1) is 13.9. The van der Waals surface area contributed by atoms with Crippen molar-refractivity contribution < 1.29 is 4.79 Å². The number of para-hydroxylation sites is 1. The number of hydrogen-bond acceptors (Lipinski definition) is 2. The lowest BCUT2D eigenvalue weighted by Gasteiger charge is -2.35. The summed E-state index contributed by atoms with van der Waals surface area (Å²) in [6, 6.07) is 14.3. The average Bonchev–Trinajstić information content (AvgIpc) is 2.99. The van der Waals surface area contributed by atoms with Gasteiger partial charge in [0.05, 0.1) is 6.54 Å². The minimum absolute atomic E-state index is 0.132. The summed E-state index contributed by atoms with van der Waals surface area (Å²) < 4.78 is 2.27. The molecule has 0 spiro atoms. The molecule has 3 rings (SSSR count). The number of rotatable bonds is 3. The third kappa shape index (κ3) is 2.72. The maximum atomic E-state index is 12.5. The Morgan fingerprint density at radius 1 is 1.19 bits per heavy atom. The second-order valence-electron chi connectivity index (χ2n) is 5.56. The van der Waals surface area contributed by atoms with Gasteiger partial charge in [-0.3, -0.25) is 9.69 Å². The lowest BCUT2D eigenvalue weighted by Crippen LogP contribution is -2.43. The average molecular weight is 283 g/mol. The molecule has 1 aliphatic rings. The van der Waals surface area contributed by atoms with Crippen LogP contribution in [-0.2, 0) is 11.3 Å². The quantitative estimate of drug-likeness (QED) is 0.866. The van der Waals surface area contributed by atoms with Crippen molar-refractivity contribution >= 4 is 11.6 Å². The van der Waals surface area contributed by atoms with Crippen LogP contribution in [0, 0.1) is 0 Å². The topological polar surface area (TPSA) is 28.5 Å². The van der Waals surface area contributed by atoms with Gasteiger partial charge in [0, 0.05) is 43.8 Å². The lowest BCUT2D eigenvalue weighted by molar-refractivity contribution is -0.120. The van der Waals surface area contributed by atoms with Gasteiger partial charge in [-0.15, -0.1) is 0 Å². The van der Waals surface area contributed by atoms with Crippen molar-refractivity contribution in [1.29, 1.82) is 0 Å². The third-order valence-electron chi connectivity index (χ3n) is 4.32. The van der Waals surface area contributed by atoms with Gasteiger partial charge < -0.3 is 9.47 Å². The fraction of sp³-hybridized carbons (Fsp3) is 0.353. The summed E-state index contributed by atoms with van der Waals surface area (Å²) in [5, 5.41) is 0. The summed E-state index contributed by atoms with van der Waals surface area (Å²) >= 11 is 0.